The lowest BCUT2D eigenvalue weighted by atomic mass is 9.79. The van der Waals surface area contributed by atoms with E-state index in [1.54, 1.807) is 46.1 Å². The third-order valence-corrected chi connectivity index (χ3v) is 8.43. The van der Waals surface area contributed by atoms with Crippen molar-refractivity contribution in [3.05, 3.63) is 94.6 Å². The van der Waals surface area contributed by atoms with Crippen LogP contribution in [0.25, 0.3) is 11.3 Å². The number of halogens is 2. The first-order valence-corrected chi connectivity index (χ1v) is 14.7. The molecule has 2 unspecified atom stereocenters. The topological polar surface area (TPSA) is 102 Å². The van der Waals surface area contributed by atoms with Gasteiger partial charge in [-0.3, -0.25) is 9.47 Å². The van der Waals surface area contributed by atoms with Crippen LogP contribution in [-0.4, -0.2) is 81.3 Å². The lowest BCUT2D eigenvalue weighted by Crippen LogP contribution is -2.57. The van der Waals surface area contributed by atoms with Gasteiger partial charge in [-0.15, -0.1) is 11.6 Å². The number of alkyl halides is 1. The summed E-state index contributed by atoms with van der Waals surface area (Å²) in [7, 11) is 3.07. The van der Waals surface area contributed by atoms with Gasteiger partial charge in [-0.1, -0.05) is 30.3 Å². The van der Waals surface area contributed by atoms with Gasteiger partial charge in [0.25, 0.3) is 0 Å². The molecule has 1 aromatic carbocycles. The van der Waals surface area contributed by atoms with Crippen LogP contribution in [0.2, 0.25) is 0 Å². The summed E-state index contributed by atoms with van der Waals surface area (Å²) >= 11 is 7.59. The van der Waals surface area contributed by atoms with E-state index in [-0.39, 0.29) is 18.8 Å². The molecule has 1 fully saturated rings. The summed E-state index contributed by atoms with van der Waals surface area (Å²) in [6, 6.07) is 12.1. The van der Waals surface area contributed by atoms with Crippen molar-refractivity contribution in [3.8, 4) is 0 Å². The van der Waals surface area contributed by atoms with Crippen LogP contribution < -0.4 is 10.6 Å². The van der Waals surface area contributed by atoms with Crippen molar-refractivity contribution < 1.29 is 23.8 Å². The van der Waals surface area contributed by atoms with Crippen LogP contribution in [0.1, 0.15) is 31.9 Å². The van der Waals surface area contributed by atoms with Crippen LogP contribution in [-0.2, 0) is 21.4 Å². The first-order valence-electron chi connectivity index (χ1n) is 14.3. The van der Waals surface area contributed by atoms with E-state index in [1.807, 2.05) is 35.2 Å². The Morgan fingerprint density at radius 2 is 1.91 bits per heavy atom. The standard InChI is InChI=1S/C32H37ClFN5O5/c1-31(2,3)44-30(42)38-16-14-37(19-23(38)20-40)26-17-22(11-12-35-26)32(33)27(39-15-13-36(4)29(39)41)25(34)18-24(28(32)43-5)21-9-7-6-8-10-21/h6-13,15,17-18,23,28,40H,14,16,19-20H2,1-5H3/t23-,28?,32?/m0/s1. The third-order valence-electron chi connectivity index (χ3n) is 7.84. The molecule has 12 heteroatoms. The zero-order valence-electron chi connectivity index (χ0n) is 25.4. The average Bonchev–Trinajstić information content (AvgIpc) is 3.33. The number of amides is 1. The van der Waals surface area contributed by atoms with Crippen molar-refractivity contribution in [1.29, 1.82) is 0 Å². The van der Waals surface area contributed by atoms with Gasteiger partial charge >= 0.3 is 11.8 Å². The SMILES string of the molecule is COC1C(c2ccccc2)=CC(F)=C(n2ccn(C)c2=O)C1(Cl)c1ccnc(N2CCN(C(=O)OC(C)(C)C)[C@H](CO)C2)c1. The highest BCUT2D eigenvalue weighted by molar-refractivity contribution is 6.31. The molecule has 2 aliphatic rings. The van der Waals surface area contributed by atoms with Gasteiger partial charge in [0.1, 0.15) is 28.2 Å². The highest BCUT2D eigenvalue weighted by Gasteiger charge is 2.51. The summed E-state index contributed by atoms with van der Waals surface area (Å²) in [5.74, 6) is -0.166. The molecule has 1 N–H and O–H groups in total. The molecule has 1 aliphatic heterocycles. The first-order chi connectivity index (χ1) is 20.9. The Bertz CT molecular complexity index is 1650. The van der Waals surface area contributed by atoms with E-state index in [2.05, 4.69) is 4.98 Å². The fourth-order valence-corrected chi connectivity index (χ4v) is 6.26. The van der Waals surface area contributed by atoms with E-state index in [0.717, 1.165) is 5.56 Å². The van der Waals surface area contributed by atoms with Crippen LogP contribution in [0.5, 0.6) is 0 Å². The van der Waals surface area contributed by atoms with Gasteiger partial charge in [0.05, 0.1) is 18.3 Å². The number of benzene rings is 1. The molecule has 3 aromatic rings. The van der Waals surface area contributed by atoms with Crippen molar-refractivity contribution in [2.24, 2.45) is 7.05 Å². The number of aromatic nitrogens is 3. The monoisotopic (exact) mass is 625 g/mol. The fraction of sp³-hybridized carbons (Fsp3) is 0.406. The smallest absolute Gasteiger partial charge is 0.410 e. The number of carbonyl (C=O) groups is 1. The molecule has 234 valence electrons. The number of aliphatic hydroxyl groups is 1. The Balaban J connectivity index is 1.58. The van der Waals surface area contributed by atoms with Crippen LogP contribution in [0.15, 0.2) is 77.8 Å². The quantitative estimate of drug-likeness (QED) is 0.406. The van der Waals surface area contributed by atoms with Gasteiger partial charge in [0.2, 0.25) is 0 Å². The van der Waals surface area contributed by atoms with Gasteiger partial charge in [-0.2, -0.15) is 0 Å². The molecule has 3 heterocycles. The number of pyridine rings is 1. The van der Waals surface area contributed by atoms with Crippen molar-refractivity contribution in [2.75, 3.05) is 38.3 Å². The summed E-state index contributed by atoms with van der Waals surface area (Å²) in [5.41, 5.74) is 0.468. The second-order valence-corrected chi connectivity index (χ2v) is 12.5. The molecule has 2 aromatic heterocycles. The summed E-state index contributed by atoms with van der Waals surface area (Å²) in [6.07, 6.45) is 4.54. The number of anilines is 1. The molecular formula is C32H37ClFN5O5. The van der Waals surface area contributed by atoms with Crippen molar-refractivity contribution >= 4 is 34.8 Å². The molecule has 1 amide bonds. The number of ether oxygens (including phenoxy) is 2. The molecular weight excluding hydrogens is 589 g/mol. The molecule has 44 heavy (non-hydrogen) atoms. The Morgan fingerprint density at radius 1 is 1.18 bits per heavy atom. The number of aliphatic hydroxyl groups excluding tert-OH is 1. The first kappa shape index (κ1) is 31.5. The van der Waals surface area contributed by atoms with E-state index >= 15 is 4.39 Å². The van der Waals surface area contributed by atoms with Gasteiger partial charge in [0.15, 0.2) is 0 Å². The number of allylic oxidation sites excluding steroid dienone is 2. The number of nitrogens with zero attached hydrogens (tertiary/aromatic N) is 5. The maximum absolute atomic E-state index is 16.3. The summed E-state index contributed by atoms with van der Waals surface area (Å²) in [6.45, 7) is 6.06. The number of hydrogen-bond donors (Lipinski definition) is 1. The molecule has 0 bridgehead atoms. The summed E-state index contributed by atoms with van der Waals surface area (Å²) in [4.78, 5) is 32.3. The van der Waals surface area contributed by atoms with E-state index < -0.39 is 40.2 Å². The van der Waals surface area contributed by atoms with Gasteiger partial charge < -0.3 is 24.0 Å². The minimum Gasteiger partial charge on any atom is -0.444 e. The van der Waals surface area contributed by atoms with Gasteiger partial charge in [0, 0.05) is 52.4 Å². The van der Waals surface area contributed by atoms with Crippen molar-refractivity contribution in [1.82, 2.24) is 19.0 Å². The minimum atomic E-state index is -1.70. The predicted octanol–water partition coefficient (Wildman–Crippen LogP) is 4.38. The molecule has 10 nitrogen and oxygen atoms in total. The van der Waals surface area contributed by atoms with Crippen molar-refractivity contribution in [3.63, 3.8) is 0 Å². The Labute approximate surface area is 260 Å². The Hall–Kier alpha value is -3.93. The van der Waals surface area contributed by atoms with E-state index in [9.17, 15) is 14.7 Å². The van der Waals surface area contributed by atoms with Crippen LogP contribution in [0.3, 0.4) is 0 Å². The zero-order valence-corrected chi connectivity index (χ0v) is 26.2. The normalized spacial score (nSPS) is 22.7. The molecule has 0 spiro atoms. The fourth-order valence-electron chi connectivity index (χ4n) is 5.76. The van der Waals surface area contributed by atoms with Crippen LogP contribution in [0, 0.1) is 0 Å². The van der Waals surface area contributed by atoms with Crippen LogP contribution >= 0.6 is 11.6 Å². The number of piperazine rings is 1. The highest BCUT2D eigenvalue weighted by atomic mass is 35.5. The van der Waals surface area contributed by atoms with Gasteiger partial charge in [-0.25, -0.2) is 19.0 Å². The number of methoxy groups -OCH3 is 1. The van der Waals surface area contributed by atoms with E-state index in [4.69, 9.17) is 21.1 Å². The average molecular weight is 626 g/mol. The summed E-state index contributed by atoms with van der Waals surface area (Å²) < 4.78 is 30.4. The third kappa shape index (κ3) is 5.79. The predicted molar refractivity (Wildman–Crippen MR) is 167 cm³/mol. The van der Waals surface area contributed by atoms with E-state index in [0.29, 0.717) is 30.0 Å². The van der Waals surface area contributed by atoms with E-state index in [1.165, 1.54) is 39.6 Å². The second-order valence-electron chi connectivity index (χ2n) is 11.9. The molecule has 0 radical (unpaired) electrons. The molecule has 0 saturated carbocycles. The lowest BCUT2D eigenvalue weighted by Gasteiger charge is -2.43. The number of carbonyl (C=O) groups excluding carboxylic acids is 1. The number of aryl methyl sites for hydroxylation is 1. The zero-order chi connectivity index (χ0) is 31.8. The Morgan fingerprint density at radius 3 is 2.52 bits per heavy atom. The number of rotatable bonds is 6. The van der Waals surface area contributed by atoms with Crippen molar-refractivity contribution in [2.45, 2.75) is 43.4 Å². The maximum Gasteiger partial charge on any atom is 0.410 e. The minimum absolute atomic E-state index is 0.0728. The highest BCUT2D eigenvalue weighted by Crippen LogP contribution is 2.52. The second kappa shape index (κ2) is 12.2. The maximum atomic E-state index is 16.3. The summed E-state index contributed by atoms with van der Waals surface area (Å²) in [5, 5.41) is 10.2. The van der Waals surface area contributed by atoms with Gasteiger partial charge in [-0.05, 0) is 55.7 Å². The largest absolute Gasteiger partial charge is 0.444 e. The van der Waals surface area contributed by atoms with Crippen LogP contribution in [0.4, 0.5) is 15.0 Å². The molecule has 5 rings (SSSR count). The molecule has 1 aliphatic carbocycles. The molecule has 1 saturated heterocycles. The number of hydrogen-bond acceptors (Lipinski definition) is 7. The lowest BCUT2D eigenvalue weighted by molar-refractivity contribution is 0.00698. The molecule has 3 atom stereocenters. The number of imidazole rings is 1. The Kier molecular flexibility index (Phi) is 8.75.